The van der Waals surface area contributed by atoms with Crippen LogP contribution in [0.25, 0.3) is 0 Å². The fourth-order valence-electron chi connectivity index (χ4n) is 1.75. The van der Waals surface area contributed by atoms with Gasteiger partial charge in [-0.25, -0.2) is 0 Å². The highest BCUT2D eigenvalue weighted by Crippen LogP contribution is 2.43. The molecule has 1 aliphatic rings. The van der Waals surface area contributed by atoms with Gasteiger partial charge in [0.25, 0.3) is 0 Å². The predicted molar refractivity (Wildman–Crippen MR) is 49.5 cm³/mol. The topological polar surface area (TPSA) is 20.2 Å². The van der Waals surface area contributed by atoms with Crippen LogP contribution in [-0.2, 0) is 6.42 Å². The van der Waals surface area contributed by atoms with E-state index in [9.17, 15) is 5.11 Å². The molecule has 1 fully saturated rings. The van der Waals surface area contributed by atoms with Gasteiger partial charge in [-0.05, 0) is 42.4 Å². The number of hydrogen-bond acceptors (Lipinski definition) is 1. The Hall–Kier alpha value is -0.980. The average molecular weight is 162 g/mol. The van der Waals surface area contributed by atoms with Gasteiger partial charge in [0, 0.05) is 0 Å². The zero-order valence-electron chi connectivity index (χ0n) is 7.38. The number of phenolic OH excluding ortho intramolecular Hbond substituents is 1. The van der Waals surface area contributed by atoms with Crippen LogP contribution in [0, 0.1) is 0 Å². The molecular formula is C11H14O. The third-order valence-electron chi connectivity index (χ3n) is 2.56. The predicted octanol–water partition coefficient (Wildman–Crippen LogP) is 2.83. The number of rotatable bonds is 2. The van der Waals surface area contributed by atoms with Crippen molar-refractivity contribution in [2.45, 2.75) is 32.1 Å². The van der Waals surface area contributed by atoms with Crippen LogP contribution in [0.1, 0.15) is 36.8 Å². The van der Waals surface area contributed by atoms with E-state index < -0.39 is 0 Å². The molecule has 0 saturated heterocycles. The van der Waals surface area contributed by atoms with E-state index in [-0.39, 0.29) is 0 Å². The van der Waals surface area contributed by atoms with Gasteiger partial charge < -0.3 is 5.11 Å². The molecule has 1 saturated carbocycles. The van der Waals surface area contributed by atoms with Crippen LogP contribution in [0.5, 0.6) is 5.75 Å². The van der Waals surface area contributed by atoms with E-state index in [2.05, 4.69) is 13.0 Å². The van der Waals surface area contributed by atoms with Gasteiger partial charge in [0.05, 0.1) is 0 Å². The molecule has 0 aromatic heterocycles. The van der Waals surface area contributed by atoms with E-state index >= 15 is 0 Å². The van der Waals surface area contributed by atoms with Gasteiger partial charge in [-0.15, -0.1) is 0 Å². The summed E-state index contributed by atoms with van der Waals surface area (Å²) in [6.45, 7) is 2.10. The van der Waals surface area contributed by atoms with E-state index in [1.165, 1.54) is 18.4 Å². The Labute approximate surface area is 73.0 Å². The van der Waals surface area contributed by atoms with E-state index in [1.54, 1.807) is 6.07 Å². The Morgan fingerprint density at radius 1 is 1.42 bits per heavy atom. The van der Waals surface area contributed by atoms with Gasteiger partial charge in [0.15, 0.2) is 0 Å². The fraction of sp³-hybridized carbons (Fsp3) is 0.455. The molecule has 2 rings (SSSR count). The summed E-state index contributed by atoms with van der Waals surface area (Å²) < 4.78 is 0. The number of aromatic hydroxyl groups is 1. The smallest absolute Gasteiger partial charge is 0.119 e. The quantitative estimate of drug-likeness (QED) is 0.709. The van der Waals surface area contributed by atoms with Crippen LogP contribution in [0.2, 0.25) is 0 Å². The Kier molecular flexibility index (Phi) is 1.80. The largest absolute Gasteiger partial charge is 0.508 e. The van der Waals surface area contributed by atoms with E-state index in [0.29, 0.717) is 5.75 Å². The second-order valence-corrected chi connectivity index (χ2v) is 3.47. The van der Waals surface area contributed by atoms with Gasteiger partial charge in [-0.2, -0.15) is 0 Å². The molecular weight excluding hydrogens is 148 g/mol. The van der Waals surface area contributed by atoms with Crippen LogP contribution in [0.3, 0.4) is 0 Å². The lowest BCUT2D eigenvalue weighted by molar-refractivity contribution is 0.467. The highest BCUT2D eigenvalue weighted by molar-refractivity contribution is 5.42. The monoisotopic (exact) mass is 162 g/mol. The van der Waals surface area contributed by atoms with Crippen LogP contribution in [-0.4, -0.2) is 5.11 Å². The van der Waals surface area contributed by atoms with Crippen molar-refractivity contribution in [2.24, 2.45) is 0 Å². The minimum Gasteiger partial charge on any atom is -0.508 e. The fourth-order valence-corrected chi connectivity index (χ4v) is 1.75. The SMILES string of the molecule is CCc1c(O)cccc1C1CC1. The molecule has 1 nitrogen and oxygen atoms in total. The summed E-state index contributed by atoms with van der Waals surface area (Å²) in [5.41, 5.74) is 2.53. The highest BCUT2D eigenvalue weighted by Gasteiger charge is 2.26. The molecule has 1 N–H and O–H groups in total. The Morgan fingerprint density at radius 3 is 2.75 bits per heavy atom. The zero-order valence-corrected chi connectivity index (χ0v) is 7.38. The molecule has 1 aromatic carbocycles. The molecule has 0 aliphatic heterocycles. The van der Waals surface area contributed by atoms with Crippen molar-refractivity contribution in [3.05, 3.63) is 29.3 Å². The number of phenols is 1. The first-order valence-electron chi connectivity index (χ1n) is 4.63. The van der Waals surface area contributed by atoms with E-state index in [4.69, 9.17) is 0 Å². The lowest BCUT2D eigenvalue weighted by Crippen LogP contribution is -1.90. The summed E-state index contributed by atoms with van der Waals surface area (Å²) in [7, 11) is 0. The molecule has 0 spiro atoms. The van der Waals surface area contributed by atoms with Crippen LogP contribution in [0.15, 0.2) is 18.2 Å². The van der Waals surface area contributed by atoms with Crippen molar-refractivity contribution in [3.8, 4) is 5.75 Å². The first-order valence-corrected chi connectivity index (χ1v) is 4.63. The third-order valence-corrected chi connectivity index (χ3v) is 2.56. The Balaban J connectivity index is 2.43. The number of hydrogen-bond donors (Lipinski definition) is 1. The molecule has 0 amide bonds. The molecule has 0 atom stereocenters. The van der Waals surface area contributed by atoms with Crippen molar-refractivity contribution in [3.63, 3.8) is 0 Å². The Morgan fingerprint density at radius 2 is 2.17 bits per heavy atom. The summed E-state index contributed by atoms with van der Waals surface area (Å²) >= 11 is 0. The summed E-state index contributed by atoms with van der Waals surface area (Å²) in [5, 5.41) is 9.57. The maximum Gasteiger partial charge on any atom is 0.119 e. The van der Waals surface area contributed by atoms with Crippen LogP contribution in [0.4, 0.5) is 0 Å². The standard InChI is InChI=1S/C11H14O/c1-2-9-10(8-6-7-8)4-3-5-11(9)12/h3-5,8,12H,2,6-7H2,1H3. The molecule has 0 heterocycles. The van der Waals surface area contributed by atoms with E-state index in [1.807, 2.05) is 6.07 Å². The molecule has 0 radical (unpaired) electrons. The van der Waals surface area contributed by atoms with Gasteiger partial charge in [-0.1, -0.05) is 19.1 Å². The third kappa shape index (κ3) is 1.20. The second kappa shape index (κ2) is 2.81. The lowest BCUT2D eigenvalue weighted by Gasteiger charge is -2.07. The van der Waals surface area contributed by atoms with Gasteiger partial charge in [-0.3, -0.25) is 0 Å². The maximum atomic E-state index is 9.57. The minimum absolute atomic E-state index is 0.474. The van der Waals surface area contributed by atoms with Gasteiger partial charge in [0.1, 0.15) is 5.75 Å². The molecule has 0 unspecified atom stereocenters. The number of benzene rings is 1. The van der Waals surface area contributed by atoms with Gasteiger partial charge in [0.2, 0.25) is 0 Å². The lowest BCUT2D eigenvalue weighted by atomic mass is 10.0. The Bertz CT molecular complexity index is 287. The van der Waals surface area contributed by atoms with Crippen LogP contribution < -0.4 is 0 Å². The first-order chi connectivity index (χ1) is 5.83. The highest BCUT2D eigenvalue weighted by atomic mass is 16.3. The average Bonchev–Trinajstić information content (AvgIpc) is 2.86. The van der Waals surface area contributed by atoms with Crippen molar-refractivity contribution in [2.75, 3.05) is 0 Å². The summed E-state index contributed by atoms with van der Waals surface area (Å²) in [6.07, 6.45) is 3.55. The molecule has 64 valence electrons. The molecule has 12 heavy (non-hydrogen) atoms. The van der Waals surface area contributed by atoms with Gasteiger partial charge >= 0.3 is 0 Å². The maximum absolute atomic E-state index is 9.57. The summed E-state index contributed by atoms with van der Waals surface area (Å²) in [4.78, 5) is 0. The first kappa shape index (κ1) is 7.66. The van der Waals surface area contributed by atoms with Crippen molar-refractivity contribution in [1.82, 2.24) is 0 Å². The van der Waals surface area contributed by atoms with E-state index in [0.717, 1.165) is 17.9 Å². The minimum atomic E-state index is 0.474. The molecule has 1 aromatic rings. The summed E-state index contributed by atoms with van der Waals surface area (Å²) in [6, 6.07) is 5.88. The van der Waals surface area contributed by atoms with Crippen LogP contribution >= 0.6 is 0 Å². The van der Waals surface area contributed by atoms with Crippen molar-refractivity contribution >= 4 is 0 Å². The molecule has 0 bridgehead atoms. The molecule has 1 heteroatoms. The molecule has 1 aliphatic carbocycles. The zero-order chi connectivity index (χ0) is 8.55. The van der Waals surface area contributed by atoms with Crippen molar-refractivity contribution in [1.29, 1.82) is 0 Å². The summed E-state index contributed by atoms with van der Waals surface area (Å²) in [5.74, 6) is 1.22. The van der Waals surface area contributed by atoms with Crippen molar-refractivity contribution < 1.29 is 5.11 Å². The normalized spacial score (nSPS) is 16.4. The second-order valence-electron chi connectivity index (χ2n) is 3.47.